The van der Waals surface area contributed by atoms with Crippen molar-refractivity contribution in [3.8, 4) is 5.75 Å². The standard InChI is InChI=1S/C12H18N4O3/c17-10-7-11(18)15-8-9(10)12(19)14-3-6-16-4-1-13-2-5-16/h7-8,13H,1-6H2,(H,14,19)(H2,15,17,18). The van der Waals surface area contributed by atoms with Crippen molar-refractivity contribution in [1.82, 2.24) is 20.5 Å². The Morgan fingerprint density at radius 3 is 2.84 bits per heavy atom. The van der Waals surface area contributed by atoms with Gasteiger partial charge in [-0.3, -0.25) is 14.5 Å². The normalized spacial score (nSPS) is 16.2. The molecule has 1 aliphatic rings. The highest BCUT2D eigenvalue weighted by molar-refractivity contribution is 5.96. The fraction of sp³-hybridized carbons (Fsp3) is 0.500. The molecule has 0 radical (unpaired) electrons. The molecule has 0 atom stereocenters. The van der Waals surface area contributed by atoms with Crippen LogP contribution in [0.15, 0.2) is 17.1 Å². The number of pyridine rings is 1. The molecule has 104 valence electrons. The average Bonchev–Trinajstić information content (AvgIpc) is 2.39. The van der Waals surface area contributed by atoms with Crippen LogP contribution in [0, 0.1) is 0 Å². The van der Waals surface area contributed by atoms with E-state index in [1.54, 1.807) is 0 Å². The number of H-pyrrole nitrogens is 1. The first-order valence-electron chi connectivity index (χ1n) is 6.30. The highest BCUT2D eigenvalue weighted by Gasteiger charge is 2.13. The van der Waals surface area contributed by atoms with Crippen molar-refractivity contribution < 1.29 is 9.90 Å². The van der Waals surface area contributed by atoms with Gasteiger partial charge in [0.05, 0.1) is 5.56 Å². The lowest BCUT2D eigenvalue weighted by Gasteiger charge is -2.27. The number of piperazine rings is 1. The van der Waals surface area contributed by atoms with E-state index >= 15 is 0 Å². The number of aromatic nitrogens is 1. The van der Waals surface area contributed by atoms with Gasteiger partial charge in [-0.25, -0.2) is 0 Å². The second kappa shape index (κ2) is 6.35. The summed E-state index contributed by atoms with van der Waals surface area (Å²) < 4.78 is 0. The molecule has 1 saturated heterocycles. The summed E-state index contributed by atoms with van der Waals surface area (Å²) in [6.45, 7) is 5.16. The Morgan fingerprint density at radius 1 is 1.42 bits per heavy atom. The van der Waals surface area contributed by atoms with Crippen LogP contribution in [0.25, 0.3) is 0 Å². The van der Waals surface area contributed by atoms with Crippen LogP contribution >= 0.6 is 0 Å². The van der Waals surface area contributed by atoms with Crippen molar-refractivity contribution in [1.29, 1.82) is 0 Å². The van der Waals surface area contributed by atoms with E-state index in [-0.39, 0.29) is 17.2 Å². The zero-order valence-corrected chi connectivity index (χ0v) is 10.6. The van der Waals surface area contributed by atoms with Crippen LogP contribution < -0.4 is 16.2 Å². The van der Waals surface area contributed by atoms with Crippen molar-refractivity contribution in [2.75, 3.05) is 39.3 Å². The Kier molecular flexibility index (Phi) is 4.53. The van der Waals surface area contributed by atoms with E-state index in [1.807, 2.05) is 0 Å². The molecule has 7 heteroatoms. The minimum atomic E-state index is -0.435. The van der Waals surface area contributed by atoms with Crippen LogP contribution in [0.1, 0.15) is 10.4 Å². The molecule has 1 amide bonds. The average molecular weight is 266 g/mol. The van der Waals surface area contributed by atoms with Gasteiger partial charge in [0.25, 0.3) is 11.5 Å². The molecule has 1 aromatic rings. The molecule has 1 aromatic heterocycles. The lowest BCUT2D eigenvalue weighted by Crippen LogP contribution is -2.46. The second-order valence-corrected chi connectivity index (χ2v) is 4.44. The topological polar surface area (TPSA) is 97.5 Å². The summed E-state index contributed by atoms with van der Waals surface area (Å²) >= 11 is 0. The first-order valence-corrected chi connectivity index (χ1v) is 6.30. The highest BCUT2D eigenvalue weighted by Crippen LogP contribution is 2.11. The lowest BCUT2D eigenvalue weighted by atomic mass is 10.2. The van der Waals surface area contributed by atoms with Crippen LogP contribution in [0.5, 0.6) is 5.75 Å². The maximum atomic E-state index is 11.8. The number of nitrogens with zero attached hydrogens (tertiary/aromatic N) is 1. The third kappa shape index (κ3) is 3.80. The Bertz CT molecular complexity index is 494. The van der Waals surface area contributed by atoms with Crippen LogP contribution in [0.3, 0.4) is 0 Å². The molecule has 7 nitrogen and oxygen atoms in total. The number of carbonyl (C=O) groups is 1. The molecule has 4 N–H and O–H groups in total. The minimum absolute atomic E-state index is 0.0833. The molecular formula is C12H18N4O3. The molecule has 0 unspecified atom stereocenters. The van der Waals surface area contributed by atoms with E-state index in [9.17, 15) is 14.7 Å². The van der Waals surface area contributed by atoms with Crippen LogP contribution in [-0.4, -0.2) is 60.2 Å². The van der Waals surface area contributed by atoms with Crippen molar-refractivity contribution in [3.05, 3.63) is 28.2 Å². The summed E-state index contributed by atoms with van der Waals surface area (Å²) in [5.74, 6) is -0.688. The van der Waals surface area contributed by atoms with Gasteiger partial charge in [0.1, 0.15) is 5.75 Å². The van der Waals surface area contributed by atoms with Crippen LogP contribution in [0.2, 0.25) is 0 Å². The third-order valence-corrected chi connectivity index (χ3v) is 3.07. The van der Waals surface area contributed by atoms with E-state index in [4.69, 9.17) is 0 Å². The quantitative estimate of drug-likeness (QED) is 0.544. The van der Waals surface area contributed by atoms with Gasteiger partial charge >= 0.3 is 0 Å². The molecule has 2 rings (SSSR count). The summed E-state index contributed by atoms with van der Waals surface area (Å²) in [7, 11) is 0. The molecular weight excluding hydrogens is 248 g/mol. The number of hydrogen-bond donors (Lipinski definition) is 4. The number of aromatic amines is 1. The maximum absolute atomic E-state index is 11.8. The maximum Gasteiger partial charge on any atom is 0.256 e. The van der Waals surface area contributed by atoms with Crippen LogP contribution in [-0.2, 0) is 0 Å². The zero-order chi connectivity index (χ0) is 13.7. The van der Waals surface area contributed by atoms with E-state index < -0.39 is 5.56 Å². The molecule has 0 bridgehead atoms. The number of rotatable bonds is 4. The van der Waals surface area contributed by atoms with Gasteiger partial charge in [0.15, 0.2) is 0 Å². The summed E-state index contributed by atoms with van der Waals surface area (Å²) in [4.78, 5) is 27.3. The van der Waals surface area contributed by atoms with Gasteiger partial charge in [-0.2, -0.15) is 0 Å². The molecule has 2 heterocycles. The van der Waals surface area contributed by atoms with E-state index in [1.165, 1.54) is 6.20 Å². The Hall–Kier alpha value is -1.86. The van der Waals surface area contributed by atoms with Crippen LogP contribution in [0.4, 0.5) is 0 Å². The van der Waals surface area contributed by atoms with Crippen molar-refractivity contribution in [2.24, 2.45) is 0 Å². The fourth-order valence-corrected chi connectivity index (χ4v) is 2.00. The second-order valence-electron chi connectivity index (χ2n) is 4.44. The number of carbonyl (C=O) groups excluding carboxylic acids is 1. The molecule has 0 saturated carbocycles. The Labute approximate surface area is 110 Å². The smallest absolute Gasteiger partial charge is 0.256 e. The summed E-state index contributed by atoms with van der Waals surface area (Å²) in [6, 6.07) is 0.991. The first-order chi connectivity index (χ1) is 9.16. The minimum Gasteiger partial charge on any atom is -0.507 e. The number of nitrogens with one attached hydrogen (secondary N) is 3. The number of hydrogen-bond acceptors (Lipinski definition) is 5. The molecule has 1 aliphatic heterocycles. The van der Waals surface area contributed by atoms with Crippen molar-refractivity contribution >= 4 is 5.91 Å². The van der Waals surface area contributed by atoms with Gasteiger partial charge in [-0.1, -0.05) is 0 Å². The van der Waals surface area contributed by atoms with Gasteiger partial charge in [-0.05, 0) is 0 Å². The molecule has 19 heavy (non-hydrogen) atoms. The molecule has 0 aromatic carbocycles. The highest BCUT2D eigenvalue weighted by atomic mass is 16.3. The molecule has 0 spiro atoms. The molecule has 1 fully saturated rings. The van der Waals surface area contributed by atoms with Gasteiger partial charge in [0.2, 0.25) is 0 Å². The van der Waals surface area contributed by atoms with E-state index in [2.05, 4.69) is 20.5 Å². The van der Waals surface area contributed by atoms with Crippen molar-refractivity contribution in [3.63, 3.8) is 0 Å². The summed E-state index contributed by atoms with van der Waals surface area (Å²) in [6.07, 6.45) is 1.22. The SMILES string of the molecule is O=C(NCCN1CCNCC1)c1c[nH]c(=O)cc1O. The van der Waals surface area contributed by atoms with Crippen molar-refractivity contribution in [2.45, 2.75) is 0 Å². The van der Waals surface area contributed by atoms with Gasteiger partial charge in [0, 0.05) is 51.5 Å². The zero-order valence-electron chi connectivity index (χ0n) is 10.6. The summed E-state index contributed by atoms with van der Waals surface area (Å²) in [5.41, 5.74) is -0.352. The van der Waals surface area contributed by atoms with Gasteiger partial charge in [-0.15, -0.1) is 0 Å². The predicted molar refractivity (Wildman–Crippen MR) is 70.4 cm³/mol. The van der Waals surface area contributed by atoms with E-state index in [0.29, 0.717) is 6.54 Å². The van der Waals surface area contributed by atoms with E-state index in [0.717, 1.165) is 38.8 Å². The summed E-state index contributed by atoms with van der Waals surface area (Å²) in [5, 5.41) is 15.5. The Morgan fingerprint density at radius 2 is 2.16 bits per heavy atom. The fourth-order valence-electron chi connectivity index (χ4n) is 2.00. The first kappa shape index (κ1) is 13.6. The number of aromatic hydroxyl groups is 1. The Balaban J connectivity index is 1.82. The van der Waals surface area contributed by atoms with Gasteiger partial charge < -0.3 is 20.7 Å². The molecule has 0 aliphatic carbocycles. The number of amides is 1. The lowest BCUT2D eigenvalue weighted by molar-refractivity contribution is 0.0944. The monoisotopic (exact) mass is 266 g/mol. The predicted octanol–water partition coefficient (Wildman–Crippen LogP) is -1.28. The third-order valence-electron chi connectivity index (χ3n) is 3.07. The largest absolute Gasteiger partial charge is 0.507 e.